The van der Waals surface area contributed by atoms with Gasteiger partial charge in [-0.05, 0) is 50.0 Å². The van der Waals surface area contributed by atoms with Crippen LogP contribution in [0.15, 0.2) is 0 Å². The van der Waals surface area contributed by atoms with Crippen molar-refractivity contribution in [2.45, 2.75) is 65.4 Å². The van der Waals surface area contributed by atoms with E-state index in [-0.39, 0.29) is 6.10 Å². The van der Waals surface area contributed by atoms with Gasteiger partial charge in [-0.15, -0.1) is 0 Å². The second-order valence-electron chi connectivity index (χ2n) is 6.22. The molecular formula is C14H29NO. The molecule has 0 heterocycles. The minimum Gasteiger partial charge on any atom is -0.393 e. The van der Waals surface area contributed by atoms with Crippen LogP contribution in [0.4, 0.5) is 0 Å². The molecule has 0 spiro atoms. The molecule has 0 saturated heterocycles. The Morgan fingerprint density at radius 1 is 1.19 bits per heavy atom. The van der Waals surface area contributed by atoms with Gasteiger partial charge in [-0.25, -0.2) is 0 Å². The summed E-state index contributed by atoms with van der Waals surface area (Å²) in [5.74, 6) is 0.792. The van der Waals surface area contributed by atoms with Gasteiger partial charge in [-0.1, -0.05) is 27.2 Å². The highest BCUT2D eigenvalue weighted by molar-refractivity contribution is 4.76. The van der Waals surface area contributed by atoms with Crippen molar-refractivity contribution in [2.75, 3.05) is 13.1 Å². The first-order valence-corrected chi connectivity index (χ1v) is 6.92. The van der Waals surface area contributed by atoms with Crippen LogP contribution in [0.5, 0.6) is 0 Å². The van der Waals surface area contributed by atoms with E-state index in [1.807, 2.05) is 0 Å². The largest absolute Gasteiger partial charge is 0.393 e. The third-order valence-electron chi connectivity index (χ3n) is 3.78. The van der Waals surface area contributed by atoms with Gasteiger partial charge in [-0.2, -0.15) is 0 Å². The van der Waals surface area contributed by atoms with Gasteiger partial charge in [0.15, 0.2) is 0 Å². The van der Waals surface area contributed by atoms with Crippen molar-refractivity contribution in [3.8, 4) is 0 Å². The SMILES string of the molecule is CCCC(C)(C)CNCC1CCC(O)CC1. The van der Waals surface area contributed by atoms with Gasteiger partial charge in [0, 0.05) is 6.54 Å². The molecule has 0 aromatic rings. The van der Waals surface area contributed by atoms with E-state index in [1.54, 1.807) is 0 Å². The summed E-state index contributed by atoms with van der Waals surface area (Å²) < 4.78 is 0. The lowest BCUT2D eigenvalue weighted by Crippen LogP contribution is -2.34. The van der Waals surface area contributed by atoms with Crippen molar-refractivity contribution < 1.29 is 5.11 Å². The molecule has 1 aliphatic carbocycles. The highest BCUT2D eigenvalue weighted by Crippen LogP contribution is 2.24. The second-order valence-corrected chi connectivity index (χ2v) is 6.22. The molecule has 1 fully saturated rings. The average Bonchev–Trinajstić information content (AvgIpc) is 2.20. The van der Waals surface area contributed by atoms with Gasteiger partial charge >= 0.3 is 0 Å². The first kappa shape index (κ1) is 14.0. The normalized spacial score (nSPS) is 27.0. The van der Waals surface area contributed by atoms with Crippen LogP contribution in [0, 0.1) is 11.3 Å². The standard InChI is InChI=1S/C14H29NO/c1-4-9-14(2,3)11-15-10-12-5-7-13(16)8-6-12/h12-13,15-16H,4-11H2,1-3H3. The zero-order chi connectivity index (χ0) is 12.0. The second kappa shape index (κ2) is 6.61. The topological polar surface area (TPSA) is 32.3 Å². The number of aliphatic hydroxyl groups is 1. The summed E-state index contributed by atoms with van der Waals surface area (Å²) in [4.78, 5) is 0. The molecule has 1 aliphatic rings. The van der Waals surface area contributed by atoms with Gasteiger partial charge in [0.2, 0.25) is 0 Å². The molecule has 96 valence electrons. The van der Waals surface area contributed by atoms with E-state index >= 15 is 0 Å². The lowest BCUT2D eigenvalue weighted by Gasteiger charge is -2.29. The predicted molar refractivity (Wildman–Crippen MR) is 69.5 cm³/mol. The fourth-order valence-corrected chi connectivity index (χ4v) is 2.73. The lowest BCUT2D eigenvalue weighted by molar-refractivity contribution is 0.107. The highest BCUT2D eigenvalue weighted by Gasteiger charge is 2.20. The van der Waals surface area contributed by atoms with Crippen LogP contribution in [-0.2, 0) is 0 Å². The number of hydrogen-bond acceptors (Lipinski definition) is 2. The molecule has 0 bridgehead atoms. The third kappa shape index (κ3) is 5.31. The summed E-state index contributed by atoms with van der Waals surface area (Å²) in [6.07, 6.45) is 6.95. The van der Waals surface area contributed by atoms with E-state index in [2.05, 4.69) is 26.1 Å². The maximum atomic E-state index is 9.43. The van der Waals surface area contributed by atoms with E-state index in [1.165, 1.54) is 25.7 Å². The molecule has 0 radical (unpaired) electrons. The van der Waals surface area contributed by atoms with Crippen LogP contribution in [0.1, 0.15) is 59.3 Å². The van der Waals surface area contributed by atoms with Gasteiger partial charge in [0.1, 0.15) is 0 Å². The van der Waals surface area contributed by atoms with E-state index in [9.17, 15) is 5.11 Å². The van der Waals surface area contributed by atoms with E-state index in [0.29, 0.717) is 5.41 Å². The van der Waals surface area contributed by atoms with Crippen molar-refractivity contribution in [1.82, 2.24) is 5.32 Å². The van der Waals surface area contributed by atoms with Gasteiger partial charge in [-0.3, -0.25) is 0 Å². The van der Waals surface area contributed by atoms with Gasteiger partial charge < -0.3 is 10.4 Å². The van der Waals surface area contributed by atoms with Gasteiger partial charge in [0.05, 0.1) is 6.10 Å². The molecule has 1 rings (SSSR count). The summed E-state index contributed by atoms with van der Waals surface area (Å²) in [5, 5.41) is 13.0. The Labute approximate surface area is 101 Å². The molecule has 0 aliphatic heterocycles. The highest BCUT2D eigenvalue weighted by atomic mass is 16.3. The molecule has 16 heavy (non-hydrogen) atoms. The zero-order valence-electron chi connectivity index (χ0n) is 11.3. The fourth-order valence-electron chi connectivity index (χ4n) is 2.73. The number of hydrogen-bond donors (Lipinski definition) is 2. The first-order valence-electron chi connectivity index (χ1n) is 6.92. The maximum Gasteiger partial charge on any atom is 0.0540 e. The Balaban J connectivity index is 2.11. The Hall–Kier alpha value is -0.0800. The molecule has 2 heteroatoms. The van der Waals surface area contributed by atoms with E-state index in [0.717, 1.165) is 31.8 Å². The summed E-state index contributed by atoms with van der Waals surface area (Å²) >= 11 is 0. The minimum absolute atomic E-state index is 0.0206. The molecule has 0 aromatic carbocycles. The summed E-state index contributed by atoms with van der Waals surface area (Å²) in [6.45, 7) is 9.20. The summed E-state index contributed by atoms with van der Waals surface area (Å²) in [5.41, 5.74) is 0.433. The molecule has 0 atom stereocenters. The van der Waals surface area contributed by atoms with Crippen molar-refractivity contribution in [2.24, 2.45) is 11.3 Å². The van der Waals surface area contributed by atoms with Crippen LogP contribution in [0.2, 0.25) is 0 Å². The minimum atomic E-state index is -0.0206. The van der Waals surface area contributed by atoms with Crippen LogP contribution < -0.4 is 5.32 Å². The number of nitrogens with one attached hydrogen (secondary N) is 1. The molecule has 1 saturated carbocycles. The van der Waals surface area contributed by atoms with Crippen molar-refractivity contribution in [1.29, 1.82) is 0 Å². The smallest absolute Gasteiger partial charge is 0.0540 e. The summed E-state index contributed by atoms with van der Waals surface area (Å²) in [7, 11) is 0. The Morgan fingerprint density at radius 2 is 1.81 bits per heavy atom. The third-order valence-corrected chi connectivity index (χ3v) is 3.78. The van der Waals surface area contributed by atoms with Crippen molar-refractivity contribution in [3.05, 3.63) is 0 Å². The predicted octanol–water partition coefficient (Wildman–Crippen LogP) is 2.95. The zero-order valence-corrected chi connectivity index (χ0v) is 11.3. The van der Waals surface area contributed by atoms with E-state index < -0.39 is 0 Å². The molecule has 2 nitrogen and oxygen atoms in total. The van der Waals surface area contributed by atoms with Crippen LogP contribution in [-0.4, -0.2) is 24.3 Å². The van der Waals surface area contributed by atoms with Gasteiger partial charge in [0.25, 0.3) is 0 Å². The molecular weight excluding hydrogens is 198 g/mol. The number of rotatable bonds is 6. The lowest BCUT2D eigenvalue weighted by atomic mass is 9.86. The monoisotopic (exact) mass is 227 g/mol. The summed E-state index contributed by atoms with van der Waals surface area (Å²) in [6, 6.07) is 0. The average molecular weight is 227 g/mol. The first-order chi connectivity index (χ1) is 7.53. The fraction of sp³-hybridized carbons (Fsp3) is 1.00. The van der Waals surface area contributed by atoms with Crippen LogP contribution in [0.3, 0.4) is 0 Å². The Kier molecular flexibility index (Phi) is 5.77. The molecule has 0 aromatic heterocycles. The van der Waals surface area contributed by atoms with Crippen molar-refractivity contribution >= 4 is 0 Å². The van der Waals surface area contributed by atoms with Crippen LogP contribution >= 0.6 is 0 Å². The molecule has 0 unspecified atom stereocenters. The Bertz CT molecular complexity index is 183. The maximum absolute atomic E-state index is 9.43. The van der Waals surface area contributed by atoms with Crippen LogP contribution in [0.25, 0.3) is 0 Å². The van der Waals surface area contributed by atoms with Crippen molar-refractivity contribution in [3.63, 3.8) is 0 Å². The molecule has 0 amide bonds. The Morgan fingerprint density at radius 3 is 2.38 bits per heavy atom. The van der Waals surface area contributed by atoms with E-state index in [4.69, 9.17) is 0 Å². The quantitative estimate of drug-likeness (QED) is 0.731. The number of aliphatic hydroxyl groups excluding tert-OH is 1. The molecule has 2 N–H and O–H groups in total.